The molecule has 84 valence electrons. The molecule has 0 N–H and O–H groups in total. The number of hydrogen-bond donors (Lipinski definition) is 0. The number of nitrogens with zero attached hydrogens (tertiary/aromatic N) is 1. The van der Waals surface area contributed by atoms with E-state index in [0.717, 1.165) is 10.5 Å². The summed E-state index contributed by atoms with van der Waals surface area (Å²) in [6.07, 6.45) is 3.50. The van der Waals surface area contributed by atoms with Crippen molar-refractivity contribution in [3.8, 4) is 0 Å². The van der Waals surface area contributed by atoms with Gasteiger partial charge in [0.05, 0.1) is 0 Å². The highest BCUT2D eigenvalue weighted by Gasteiger charge is 2.10. The van der Waals surface area contributed by atoms with Gasteiger partial charge in [0.25, 0.3) is 0 Å². The third-order valence-electron chi connectivity index (χ3n) is 2.49. The summed E-state index contributed by atoms with van der Waals surface area (Å²) in [7, 11) is 0. The van der Waals surface area contributed by atoms with Gasteiger partial charge in [0.15, 0.2) is 0 Å². The molecule has 0 fully saturated rings. The summed E-state index contributed by atoms with van der Waals surface area (Å²) >= 11 is 2.50. The van der Waals surface area contributed by atoms with Crippen molar-refractivity contribution < 1.29 is 0 Å². The molecule has 0 aliphatic heterocycles. The Bertz CT molecular complexity index is 173. The van der Waals surface area contributed by atoms with Crippen molar-refractivity contribution in [1.29, 1.82) is 0 Å². The molecule has 0 aromatic carbocycles. The van der Waals surface area contributed by atoms with Gasteiger partial charge in [-0.2, -0.15) is 0 Å². The highest BCUT2D eigenvalue weighted by molar-refractivity contribution is 14.1. The zero-order chi connectivity index (χ0) is 11.1. The minimum atomic E-state index is 0.653. The first kappa shape index (κ1) is 14.4. The monoisotopic (exact) mass is 309 g/mol. The Balaban J connectivity index is 4.03. The predicted octanol–water partition coefficient (Wildman–Crippen LogP) is 3.88. The minimum absolute atomic E-state index is 0.653. The quantitative estimate of drug-likeness (QED) is 0.409. The van der Waals surface area contributed by atoms with Crippen LogP contribution in [-0.2, 0) is 0 Å². The lowest BCUT2D eigenvalue weighted by Gasteiger charge is -2.27. The predicted molar refractivity (Wildman–Crippen MR) is 74.2 cm³/mol. The third kappa shape index (κ3) is 6.82. The van der Waals surface area contributed by atoms with E-state index in [1.807, 2.05) is 0 Å². The maximum absolute atomic E-state index is 2.55. The molecule has 0 aromatic heterocycles. The van der Waals surface area contributed by atoms with Crippen LogP contribution in [-0.4, -0.2) is 28.0 Å². The normalized spacial score (nSPS) is 15.3. The van der Waals surface area contributed by atoms with Crippen LogP contribution in [0, 0.1) is 0 Å². The summed E-state index contributed by atoms with van der Waals surface area (Å²) in [6.45, 7) is 13.5. The summed E-state index contributed by atoms with van der Waals surface area (Å²) in [5.41, 5.74) is 1.47. The largest absolute Gasteiger partial charge is 0.297 e. The number of allylic oxidation sites excluding steroid dienone is 1. The average Bonchev–Trinajstić information content (AvgIpc) is 2.10. The second-order valence-electron chi connectivity index (χ2n) is 4.27. The van der Waals surface area contributed by atoms with E-state index in [0.29, 0.717) is 6.04 Å². The Labute approximate surface area is 103 Å². The highest BCUT2D eigenvalue weighted by atomic mass is 127. The van der Waals surface area contributed by atoms with Gasteiger partial charge >= 0.3 is 0 Å². The van der Waals surface area contributed by atoms with E-state index >= 15 is 0 Å². The van der Waals surface area contributed by atoms with E-state index < -0.39 is 0 Å². The molecular weight excluding hydrogens is 285 g/mol. The van der Waals surface area contributed by atoms with Gasteiger partial charge in [-0.25, -0.2) is 0 Å². The molecular formula is C12H24IN. The zero-order valence-corrected chi connectivity index (χ0v) is 12.3. The summed E-state index contributed by atoms with van der Waals surface area (Å²) in [4.78, 5) is 2.55. The maximum Gasteiger partial charge on any atom is 0.0192 e. The van der Waals surface area contributed by atoms with Gasteiger partial charge in [-0.15, -0.1) is 0 Å². The summed E-state index contributed by atoms with van der Waals surface area (Å²) in [5.74, 6) is 0. The maximum atomic E-state index is 2.55. The van der Waals surface area contributed by atoms with Gasteiger partial charge in [-0.1, -0.05) is 41.2 Å². The molecule has 0 spiro atoms. The van der Waals surface area contributed by atoms with Gasteiger partial charge in [0, 0.05) is 16.5 Å². The third-order valence-corrected chi connectivity index (χ3v) is 3.11. The first-order valence-corrected chi connectivity index (χ1v) is 6.71. The molecule has 1 nitrogen and oxygen atoms in total. The SMILES string of the molecule is C/C=C(/C)CN(CC[C@H](C)I)C(C)C. The van der Waals surface area contributed by atoms with E-state index in [1.54, 1.807) is 0 Å². The first-order chi connectivity index (χ1) is 6.47. The Morgan fingerprint density at radius 1 is 1.36 bits per heavy atom. The van der Waals surface area contributed by atoms with Crippen LogP contribution in [0.2, 0.25) is 0 Å². The van der Waals surface area contributed by atoms with Crippen molar-refractivity contribution >= 4 is 22.6 Å². The van der Waals surface area contributed by atoms with Crippen LogP contribution >= 0.6 is 22.6 Å². The fourth-order valence-electron chi connectivity index (χ4n) is 1.28. The molecule has 0 amide bonds. The van der Waals surface area contributed by atoms with E-state index in [9.17, 15) is 0 Å². The molecule has 0 unspecified atom stereocenters. The highest BCUT2D eigenvalue weighted by Crippen LogP contribution is 2.09. The second-order valence-corrected chi connectivity index (χ2v) is 6.40. The molecule has 0 rings (SSSR count). The summed E-state index contributed by atoms with van der Waals surface area (Å²) < 4.78 is 0.778. The molecule has 0 aromatic rings. The van der Waals surface area contributed by atoms with Crippen molar-refractivity contribution in [1.82, 2.24) is 4.90 Å². The van der Waals surface area contributed by atoms with E-state index in [1.165, 1.54) is 18.5 Å². The van der Waals surface area contributed by atoms with E-state index in [2.05, 4.69) is 68.2 Å². The van der Waals surface area contributed by atoms with Crippen LogP contribution in [0.25, 0.3) is 0 Å². The summed E-state index contributed by atoms with van der Waals surface area (Å²) in [6, 6.07) is 0.653. The number of alkyl halides is 1. The molecule has 14 heavy (non-hydrogen) atoms. The van der Waals surface area contributed by atoms with Crippen LogP contribution in [0.4, 0.5) is 0 Å². The fourth-order valence-corrected chi connectivity index (χ4v) is 1.55. The fraction of sp³-hybridized carbons (Fsp3) is 0.833. The van der Waals surface area contributed by atoms with Crippen molar-refractivity contribution in [3.63, 3.8) is 0 Å². The Morgan fingerprint density at radius 3 is 2.29 bits per heavy atom. The van der Waals surface area contributed by atoms with Crippen molar-refractivity contribution in [2.75, 3.05) is 13.1 Å². The second kappa shape index (κ2) is 7.69. The number of halogens is 1. The van der Waals surface area contributed by atoms with E-state index in [-0.39, 0.29) is 0 Å². The first-order valence-electron chi connectivity index (χ1n) is 5.47. The van der Waals surface area contributed by atoms with Gasteiger partial charge in [0.1, 0.15) is 0 Å². The van der Waals surface area contributed by atoms with Gasteiger partial charge in [-0.05, 0) is 40.7 Å². The molecule has 0 bridgehead atoms. The minimum Gasteiger partial charge on any atom is -0.297 e. The molecule has 0 saturated carbocycles. The summed E-state index contributed by atoms with van der Waals surface area (Å²) in [5, 5.41) is 0. The molecule has 0 aliphatic carbocycles. The molecule has 0 radical (unpaired) electrons. The van der Waals surface area contributed by atoms with Crippen LogP contribution < -0.4 is 0 Å². The van der Waals surface area contributed by atoms with Gasteiger partial charge in [0.2, 0.25) is 0 Å². The van der Waals surface area contributed by atoms with Crippen molar-refractivity contribution in [2.45, 2.75) is 51.0 Å². The zero-order valence-electron chi connectivity index (χ0n) is 10.2. The van der Waals surface area contributed by atoms with Gasteiger partial charge < -0.3 is 0 Å². The van der Waals surface area contributed by atoms with Crippen LogP contribution in [0.15, 0.2) is 11.6 Å². The van der Waals surface area contributed by atoms with E-state index in [4.69, 9.17) is 0 Å². The lowest BCUT2D eigenvalue weighted by Crippen LogP contribution is -2.34. The molecule has 2 heteroatoms. The van der Waals surface area contributed by atoms with Crippen LogP contribution in [0.5, 0.6) is 0 Å². The lowest BCUT2D eigenvalue weighted by atomic mass is 10.2. The Morgan fingerprint density at radius 2 is 1.93 bits per heavy atom. The topological polar surface area (TPSA) is 3.24 Å². The number of rotatable bonds is 6. The number of hydrogen-bond acceptors (Lipinski definition) is 1. The molecule has 1 atom stereocenters. The van der Waals surface area contributed by atoms with Crippen molar-refractivity contribution in [2.24, 2.45) is 0 Å². The standard InChI is InChI=1S/C12H24IN/c1-6-11(4)9-14(10(2)3)8-7-12(5)13/h6,10,12H,7-9H2,1-5H3/b11-6-/t12-/m0/s1. The van der Waals surface area contributed by atoms with Crippen LogP contribution in [0.3, 0.4) is 0 Å². The molecule has 0 aliphatic rings. The molecule has 0 heterocycles. The smallest absolute Gasteiger partial charge is 0.0192 e. The average molecular weight is 309 g/mol. The van der Waals surface area contributed by atoms with Gasteiger partial charge in [-0.3, -0.25) is 4.90 Å². The lowest BCUT2D eigenvalue weighted by molar-refractivity contribution is 0.238. The molecule has 0 saturated heterocycles. The van der Waals surface area contributed by atoms with Crippen LogP contribution in [0.1, 0.15) is 41.0 Å². The van der Waals surface area contributed by atoms with Crippen molar-refractivity contribution in [3.05, 3.63) is 11.6 Å². The Hall–Kier alpha value is 0.430. The Kier molecular flexibility index (Phi) is 7.92.